The van der Waals surface area contributed by atoms with Gasteiger partial charge < -0.3 is 9.47 Å². The molecule has 4 nitrogen and oxygen atoms in total. The molecule has 9 atom stereocenters. The summed E-state index contributed by atoms with van der Waals surface area (Å²) in [7, 11) is 0. The zero-order valence-electron chi connectivity index (χ0n) is 17.3. The van der Waals surface area contributed by atoms with Gasteiger partial charge in [-0.15, -0.1) is 0 Å². The van der Waals surface area contributed by atoms with Gasteiger partial charge in [0.25, 0.3) is 0 Å². The molecule has 1 saturated heterocycles. The van der Waals surface area contributed by atoms with Crippen molar-refractivity contribution in [1.29, 1.82) is 0 Å². The van der Waals surface area contributed by atoms with Gasteiger partial charge in [-0.1, -0.05) is 13.8 Å². The zero-order valence-corrected chi connectivity index (χ0v) is 17.3. The Morgan fingerprint density at radius 3 is 2.44 bits per heavy atom. The van der Waals surface area contributed by atoms with Crippen LogP contribution in [-0.2, 0) is 19.1 Å². The Bertz CT molecular complexity index is 688. The first-order valence-corrected chi connectivity index (χ1v) is 11.1. The Balaban J connectivity index is 1.39. The second-order valence-electron chi connectivity index (χ2n) is 10.8. The van der Waals surface area contributed by atoms with Gasteiger partial charge in [-0.2, -0.15) is 0 Å². The zero-order chi connectivity index (χ0) is 19.2. The second-order valence-corrected chi connectivity index (χ2v) is 10.8. The average Bonchev–Trinajstić information content (AvgIpc) is 3.27. The molecule has 150 valence electrons. The lowest BCUT2D eigenvalue weighted by molar-refractivity contribution is -0.165. The lowest BCUT2D eigenvalue weighted by atomic mass is 9.44. The first kappa shape index (κ1) is 18.1. The van der Waals surface area contributed by atoms with Gasteiger partial charge in [-0.3, -0.25) is 9.59 Å². The monoisotopic (exact) mass is 374 g/mol. The Morgan fingerprint density at radius 1 is 0.963 bits per heavy atom. The fourth-order valence-electron chi connectivity index (χ4n) is 8.63. The SMILES string of the molecule is CC(=O)O[C@H]1CC[C@@]2(C)[C@@H](CC[C@@H]3[C@@H]2CC[C@@]2(C)[C@H]3C[C@H]3O[C@]32C(C)=O)C1. The molecule has 0 amide bonds. The normalized spacial score (nSPS) is 55.6. The Morgan fingerprint density at radius 2 is 1.74 bits per heavy atom. The van der Waals surface area contributed by atoms with Gasteiger partial charge in [0.1, 0.15) is 6.10 Å². The highest BCUT2D eigenvalue weighted by Crippen LogP contribution is 2.73. The van der Waals surface area contributed by atoms with E-state index in [4.69, 9.17) is 9.47 Å². The van der Waals surface area contributed by atoms with Crippen molar-refractivity contribution in [2.24, 2.45) is 34.5 Å². The van der Waals surface area contributed by atoms with Gasteiger partial charge in [0.15, 0.2) is 11.4 Å². The molecule has 0 aromatic carbocycles. The third-order valence-corrected chi connectivity index (χ3v) is 9.90. The van der Waals surface area contributed by atoms with Crippen molar-refractivity contribution in [2.75, 3.05) is 0 Å². The van der Waals surface area contributed by atoms with Crippen molar-refractivity contribution in [1.82, 2.24) is 0 Å². The largest absolute Gasteiger partial charge is 0.463 e. The van der Waals surface area contributed by atoms with Crippen LogP contribution in [0, 0.1) is 34.5 Å². The van der Waals surface area contributed by atoms with Crippen LogP contribution in [0.25, 0.3) is 0 Å². The molecular formula is C23H34O4. The predicted molar refractivity (Wildman–Crippen MR) is 101 cm³/mol. The van der Waals surface area contributed by atoms with E-state index in [0.717, 1.165) is 37.5 Å². The number of rotatable bonds is 2. The van der Waals surface area contributed by atoms with Gasteiger partial charge in [0.2, 0.25) is 0 Å². The van der Waals surface area contributed by atoms with Gasteiger partial charge in [-0.25, -0.2) is 0 Å². The number of carbonyl (C=O) groups is 2. The van der Waals surface area contributed by atoms with E-state index < -0.39 is 5.60 Å². The van der Waals surface area contributed by atoms with E-state index in [1.54, 1.807) is 6.92 Å². The van der Waals surface area contributed by atoms with Crippen LogP contribution in [0.5, 0.6) is 0 Å². The number of hydrogen-bond acceptors (Lipinski definition) is 4. The van der Waals surface area contributed by atoms with Crippen LogP contribution < -0.4 is 0 Å². The number of ketones is 1. The molecule has 0 aromatic heterocycles. The summed E-state index contributed by atoms with van der Waals surface area (Å²) < 4.78 is 11.6. The molecule has 0 aromatic rings. The molecule has 0 radical (unpaired) electrons. The topological polar surface area (TPSA) is 55.9 Å². The van der Waals surface area contributed by atoms with Crippen molar-refractivity contribution in [2.45, 2.75) is 96.9 Å². The maximum Gasteiger partial charge on any atom is 0.302 e. The summed E-state index contributed by atoms with van der Waals surface area (Å²) >= 11 is 0. The fourth-order valence-corrected chi connectivity index (χ4v) is 8.63. The molecule has 1 aliphatic heterocycles. The van der Waals surface area contributed by atoms with E-state index in [2.05, 4.69) is 13.8 Å². The first-order chi connectivity index (χ1) is 12.7. The van der Waals surface area contributed by atoms with Gasteiger partial charge in [0.05, 0.1) is 6.10 Å². The molecule has 0 spiro atoms. The molecule has 4 aliphatic carbocycles. The third kappa shape index (κ3) is 2.20. The molecule has 5 fully saturated rings. The molecule has 0 N–H and O–H groups in total. The summed E-state index contributed by atoms with van der Waals surface area (Å²) in [6, 6.07) is 0. The van der Waals surface area contributed by atoms with E-state index in [9.17, 15) is 9.59 Å². The standard InChI is InChI=1S/C23H34O4/c1-13(24)23-20(27-23)12-19-17-6-5-15-11-16(26-14(2)25)7-9-21(15,3)18(17)8-10-22(19,23)4/h15-20H,5-12H2,1-4H3/t15-,16-,17+,18-,19-,20+,21-,22-,23+/m0/s1. The maximum atomic E-state index is 12.5. The van der Waals surface area contributed by atoms with E-state index in [-0.39, 0.29) is 29.4 Å². The number of fused-ring (bicyclic) bond motifs is 7. The summed E-state index contributed by atoms with van der Waals surface area (Å²) in [6.07, 6.45) is 9.53. The van der Waals surface area contributed by atoms with Gasteiger partial charge >= 0.3 is 5.97 Å². The van der Waals surface area contributed by atoms with Crippen LogP contribution in [0.2, 0.25) is 0 Å². The number of carbonyl (C=O) groups excluding carboxylic acids is 2. The van der Waals surface area contributed by atoms with Crippen molar-refractivity contribution in [3.63, 3.8) is 0 Å². The van der Waals surface area contributed by atoms with Crippen LogP contribution in [0.3, 0.4) is 0 Å². The summed E-state index contributed by atoms with van der Waals surface area (Å²) in [6.45, 7) is 8.15. The highest BCUT2D eigenvalue weighted by atomic mass is 16.6. The minimum atomic E-state index is -0.451. The van der Waals surface area contributed by atoms with Crippen molar-refractivity contribution < 1.29 is 19.1 Å². The average molecular weight is 375 g/mol. The summed E-state index contributed by atoms with van der Waals surface area (Å²) in [5.41, 5.74) is -0.0336. The van der Waals surface area contributed by atoms with Crippen LogP contribution in [0.4, 0.5) is 0 Å². The first-order valence-electron chi connectivity index (χ1n) is 11.1. The smallest absolute Gasteiger partial charge is 0.302 e. The number of ether oxygens (including phenoxy) is 2. The van der Waals surface area contributed by atoms with E-state index in [1.807, 2.05) is 0 Å². The third-order valence-electron chi connectivity index (χ3n) is 9.90. The van der Waals surface area contributed by atoms with E-state index >= 15 is 0 Å². The summed E-state index contributed by atoms with van der Waals surface area (Å²) in [5, 5.41) is 0. The molecule has 27 heavy (non-hydrogen) atoms. The number of epoxide rings is 1. The fraction of sp³-hybridized carbons (Fsp3) is 0.913. The molecule has 4 heteroatoms. The number of hydrogen-bond donors (Lipinski definition) is 0. The molecule has 5 aliphatic rings. The molecule has 0 unspecified atom stereocenters. The number of esters is 1. The Kier molecular flexibility index (Phi) is 3.75. The quantitative estimate of drug-likeness (QED) is 0.534. The van der Waals surface area contributed by atoms with Crippen LogP contribution in [-0.4, -0.2) is 29.6 Å². The predicted octanol–water partition coefficient (Wildman–Crippen LogP) is 4.30. The van der Waals surface area contributed by atoms with Crippen LogP contribution in [0.15, 0.2) is 0 Å². The lowest BCUT2D eigenvalue weighted by Gasteiger charge is -2.61. The minimum Gasteiger partial charge on any atom is -0.463 e. The Hall–Kier alpha value is -0.900. The van der Waals surface area contributed by atoms with Crippen molar-refractivity contribution >= 4 is 11.8 Å². The van der Waals surface area contributed by atoms with Crippen molar-refractivity contribution in [3.8, 4) is 0 Å². The summed E-state index contributed by atoms with van der Waals surface area (Å²) in [4.78, 5) is 23.9. The second kappa shape index (κ2) is 5.58. The highest BCUT2D eigenvalue weighted by Gasteiger charge is 2.79. The molecular weight excluding hydrogens is 340 g/mol. The molecule has 4 saturated carbocycles. The van der Waals surface area contributed by atoms with Crippen LogP contribution in [0.1, 0.15) is 79.1 Å². The maximum absolute atomic E-state index is 12.5. The van der Waals surface area contributed by atoms with E-state index in [0.29, 0.717) is 17.3 Å². The molecule has 0 bridgehead atoms. The molecule has 5 rings (SSSR count). The number of Topliss-reactive ketones (excluding diaryl/α,β-unsaturated/α-hetero) is 1. The van der Waals surface area contributed by atoms with Crippen LogP contribution >= 0.6 is 0 Å². The summed E-state index contributed by atoms with van der Waals surface area (Å²) in [5.74, 6) is 2.94. The van der Waals surface area contributed by atoms with Gasteiger partial charge in [0, 0.05) is 12.3 Å². The van der Waals surface area contributed by atoms with Crippen molar-refractivity contribution in [3.05, 3.63) is 0 Å². The Labute approximate surface area is 162 Å². The molecule has 1 heterocycles. The van der Waals surface area contributed by atoms with E-state index in [1.165, 1.54) is 32.6 Å². The van der Waals surface area contributed by atoms with Gasteiger partial charge in [-0.05, 0) is 87.4 Å². The highest BCUT2D eigenvalue weighted by molar-refractivity contribution is 5.90. The lowest BCUT2D eigenvalue weighted by Crippen LogP contribution is -2.56. The minimum absolute atomic E-state index is 0.0445.